The molecule has 0 unspecified atom stereocenters. The summed E-state index contributed by atoms with van der Waals surface area (Å²) in [7, 11) is -3.48. The maximum atomic E-state index is 12.7. The third-order valence-corrected chi connectivity index (χ3v) is 7.37. The third-order valence-electron chi connectivity index (χ3n) is 5.15. The Bertz CT molecular complexity index is 1030. The summed E-state index contributed by atoms with van der Waals surface area (Å²) in [5.74, 6) is 0.822. The van der Waals surface area contributed by atoms with Crippen molar-refractivity contribution < 1.29 is 22.7 Å². The molecule has 1 N–H and O–H groups in total. The van der Waals surface area contributed by atoms with Crippen molar-refractivity contribution in [2.45, 2.75) is 30.6 Å². The predicted octanol–water partition coefficient (Wildman–Crippen LogP) is 3.47. The molecule has 0 saturated carbocycles. The van der Waals surface area contributed by atoms with Crippen LogP contribution < -0.4 is 14.8 Å². The lowest BCUT2D eigenvalue weighted by atomic mass is 10.1. The Labute approximate surface area is 181 Å². The van der Waals surface area contributed by atoms with Gasteiger partial charge in [-0.1, -0.05) is 30.2 Å². The number of carbonyl (C=O) groups is 1. The monoisotopic (exact) mass is 450 g/mol. The van der Waals surface area contributed by atoms with Gasteiger partial charge < -0.3 is 14.8 Å². The van der Waals surface area contributed by atoms with Gasteiger partial charge in [-0.2, -0.15) is 4.31 Å². The Morgan fingerprint density at radius 1 is 1.00 bits per heavy atom. The Morgan fingerprint density at radius 3 is 2.30 bits per heavy atom. The van der Waals surface area contributed by atoms with Crippen molar-refractivity contribution in [2.75, 3.05) is 31.6 Å². The zero-order valence-electron chi connectivity index (χ0n) is 16.4. The summed E-state index contributed by atoms with van der Waals surface area (Å²) in [4.78, 5) is 12.7. The van der Waals surface area contributed by atoms with Crippen LogP contribution in [0.25, 0.3) is 0 Å². The molecule has 2 aliphatic heterocycles. The first kappa shape index (κ1) is 21.0. The normalized spacial score (nSPS) is 16.8. The van der Waals surface area contributed by atoms with E-state index < -0.39 is 10.0 Å². The minimum absolute atomic E-state index is 0.0921. The Hall–Kier alpha value is -2.29. The number of amides is 1. The molecule has 0 radical (unpaired) electrons. The molecule has 2 heterocycles. The van der Waals surface area contributed by atoms with Gasteiger partial charge in [0.15, 0.2) is 11.5 Å². The van der Waals surface area contributed by atoms with Crippen molar-refractivity contribution in [1.29, 1.82) is 0 Å². The highest BCUT2D eigenvalue weighted by Crippen LogP contribution is 2.38. The standard InChI is InChI=1S/C21H23ClN2O5S/c22-17-13-19-20(29-11-10-28-19)14-18(17)23-21(25)12-15-4-6-16(7-5-15)30(26,27)24-8-2-1-3-9-24/h4-7,13-14H,1-3,8-12H2,(H,23,25). The summed E-state index contributed by atoms with van der Waals surface area (Å²) >= 11 is 6.23. The number of piperidine rings is 1. The average Bonchev–Trinajstić information content (AvgIpc) is 2.75. The predicted molar refractivity (Wildman–Crippen MR) is 114 cm³/mol. The zero-order chi connectivity index (χ0) is 21.1. The number of hydrogen-bond donors (Lipinski definition) is 1. The van der Waals surface area contributed by atoms with Crippen LogP contribution in [0.2, 0.25) is 5.02 Å². The molecule has 0 spiro atoms. The summed E-state index contributed by atoms with van der Waals surface area (Å²) in [6.45, 7) is 2.01. The number of fused-ring (bicyclic) bond motifs is 1. The van der Waals surface area contributed by atoms with Crippen LogP contribution in [0.3, 0.4) is 0 Å². The molecule has 2 aromatic carbocycles. The molecule has 2 aromatic rings. The van der Waals surface area contributed by atoms with Gasteiger partial charge >= 0.3 is 0 Å². The van der Waals surface area contributed by atoms with E-state index in [1.165, 1.54) is 4.31 Å². The summed E-state index contributed by atoms with van der Waals surface area (Å²) in [6.07, 6.45) is 2.93. The molecule has 4 rings (SSSR count). The number of hydrogen-bond acceptors (Lipinski definition) is 5. The molecule has 1 amide bonds. The van der Waals surface area contributed by atoms with E-state index in [1.54, 1.807) is 36.4 Å². The SMILES string of the molecule is O=C(Cc1ccc(S(=O)(=O)N2CCCCC2)cc1)Nc1cc2c(cc1Cl)OCCO2. The van der Waals surface area contributed by atoms with Crippen LogP contribution in [-0.2, 0) is 21.2 Å². The molecule has 7 nitrogen and oxygen atoms in total. The lowest BCUT2D eigenvalue weighted by Gasteiger charge is -2.25. The van der Waals surface area contributed by atoms with Crippen LogP contribution in [0.1, 0.15) is 24.8 Å². The molecular formula is C21H23ClN2O5S. The van der Waals surface area contributed by atoms with Gasteiger partial charge in [0.05, 0.1) is 22.0 Å². The van der Waals surface area contributed by atoms with Gasteiger partial charge in [-0.15, -0.1) is 0 Å². The highest BCUT2D eigenvalue weighted by molar-refractivity contribution is 7.89. The maximum Gasteiger partial charge on any atom is 0.243 e. The first-order chi connectivity index (χ1) is 14.4. The van der Waals surface area contributed by atoms with Crippen molar-refractivity contribution >= 4 is 33.2 Å². The van der Waals surface area contributed by atoms with Crippen LogP contribution in [0, 0.1) is 0 Å². The molecule has 0 aliphatic carbocycles. The van der Waals surface area contributed by atoms with Crippen molar-refractivity contribution in [1.82, 2.24) is 4.31 Å². The van der Waals surface area contributed by atoms with E-state index >= 15 is 0 Å². The molecule has 0 bridgehead atoms. The second-order valence-corrected chi connectivity index (χ2v) is 9.65. The zero-order valence-corrected chi connectivity index (χ0v) is 18.0. The fraction of sp³-hybridized carbons (Fsp3) is 0.381. The van der Waals surface area contributed by atoms with Gasteiger partial charge in [0.25, 0.3) is 0 Å². The summed E-state index contributed by atoms with van der Waals surface area (Å²) in [5.41, 5.74) is 1.15. The summed E-state index contributed by atoms with van der Waals surface area (Å²) < 4.78 is 38.0. The Kier molecular flexibility index (Phi) is 6.17. The van der Waals surface area contributed by atoms with Crippen LogP contribution in [-0.4, -0.2) is 44.9 Å². The Balaban J connectivity index is 1.42. The second kappa shape index (κ2) is 8.83. The molecule has 0 aromatic heterocycles. The lowest BCUT2D eigenvalue weighted by Crippen LogP contribution is -2.35. The number of halogens is 1. The minimum Gasteiger partial charge on any atom is -0.486 e. The highest BCUT2D eigenvalue weighted by Gasteiger charge is 2.25. The molecule has 2 aliphatic rings. The first-order valence-corrected chi connectivity index (χ1v) is 11.7. The number of benzene rings is 2. The largest absolute Gasteiger partial charge is 0.486 e. The number of nitrogens with one attached hydrogen (secondary N) is 1. The lowest BCUT2D eigenvalue weighted by molar-refractivity contribution is -0.115. The van der Waals surface area contributed by atoms with E-state index in [9.17, 15) is 13.2 Å². The number of anilines is 1. The molecular weight excluding hydrogens is 428 g/mol. The van der Waals surface area contributed by atoms with E-state index in [1.807, 2.05) is 0 Å². The Morgan fingerprint density at radius 2 is 1.63 bits per heavy atom. The fourth-order valence-electron chi connectivity index (χ4n) is 3.57. The minimum atomic E-state index is -3.48. The van der Waals surface area contributed by atoms with Crippen LogP contribution in [0.4, 0.5) is 5.69 Å². The third kappa shape index (κ3) is 4.55. The maximum absolute atomic E-state index is 12.7. The van der Waals surface area contributed by atoms with Gasteiger partial charge in [-0.25, -0.2) is 8.42 Å². The second-order valence-electron chi connectivity index (χ2n) is 7.31. The van der Waals surface area contributed by atoms with Gasteiger partial charge in [0.1, 0.15) is 13.2 Å². The number of sulfonamides is 1. The smallest absolute Gasteiger partial charge is 0.243 e. The molecule has 9 heteroatoms. The van der Waals surface area contributed by atoms with E-state index in [0.717, 1.165) is 19.3 Å². The summed E-state index contributed by atoms with van der Waals surface area (Å²) in [6, 6.07) is 9.71. The van der Waals surface area contributed by atoms with Gasteiger partial charge in [0.2, 0.25) is 15.9 Å². The van der Waals surface area contributed by atoms with Crippen LogP contribution in [0.5, 0.6) is 11.5 Å². The van der Waals surface area contributed by atoms with Crippen molar-refractivity contribution in [3.8, 4) is 11.5 Å². The van der Waals surface area contributed by atoms with Gasteiger partial charge in [-0.05, 0) is 30.5 Å². The first-order valence-electron chi connectivity index (χ1n) is 9.91. The molecule has 1 fully saturated rings. The quantitative estimate of drug-likeness (QED) is 0.753. The average molecular weight is 451 g/mol. The number of ether oxygens (including phenoxy) is 2. The van der Waals surface area contributed by atoms with E-state index in [0.29, 0.717) is 54.1 Å². The molecule has 1 saturated heterocycles. The van der Waals surface area contributed by atoms with E-state index in [2.05, 4.69) is 5.32 Å². The van der Waals surface area contributed by atoms with Crippen molar-refractivity contribution in [2.24, 2.45) is 0 Å². The van der Waals surface area contributed by atoms with E-state index in [4.69, 9.17) is 21.1 Å². The van der Waals surface area contributed by atoms with Gasteiger partial charge in [0, 0.05) is 25.2 Å². The summed E-state index contributed by atoms with van der Waals surface area (Å²) in [5, 5.41) is 3.13. The number of carbonyl (C=O) groups excluding carboxylic acids is 1. The molecule has 0 atom stereocenters. The van der Waals surface area contributed by atoms with Gasteiger partial charge in [-0.3, -0.25) is 4.79 Å². The number of rotatable bonds is 5. The van der Waals surface area contributed by atoms with E-state index in [-0.39, 0.29) is 17.2 Å². The molecule has 160 valence electrons. The topological polar surface area (TPSA) is 84.9 Å². The number of nitrogens with zero attached hydrogens (tertiary/aromatic N) is 1. The van der Waals surface area contributed by atoms with Crippen molar-refractivity contribution in [3.63, 3.8) is 0 Å². The van der Waals surface area contributed by atoms with Crippen LogP contribution in [0.15, 0.2) is 41.3 Å². The van der Waals surface area contributed by atoms with Crippen LogP contribution >= 0.6 is 11.6 Å². The van der Waals surface area contributed by atoms with Crippen molar-refractivity contribution in [3.05, 3.63) is 47.0 Å². The highest BCUT2D eigenvalue weighted by atomic mass is 35.5. The molecule has 30 heavy (non-hydrogen) atoms. The fourth-order valence-corrected chi connectivity index (χ4v) is 5.29.